The number of amides is 1. The summed E-state index contributed by atoms with van der Waals surface area (Å²) < 4.78 is 70.6. The lowest BCUT2D eigenvalue weighted by atomic mass is 10.3. The summed E-state index contributed by atoms with van der Waals surface area (Å²) >= 11 is 0. The molecule has 0 spiro atoms. The number of hydrogen-bond donors (Lipinski definition) is 1. The van der Waals surface area contributed by atoms with Crippen LogP contribution in [0.5, 0.6) is 0 Å². The van der Waals surface area contributed by atoms with E-state index in [2.05, 4.69) is 5.32 Å². The number of halogens is 1. The summed E-state index contributed by atoms with van der Waals surface area (Å²) in [5, 5.41) is 2.50. The molecule has 3 rings (SSSR count). The molecule has 0 atom stereocenters. The van der Waals surface area contributed by atoms with E-state index in [9.17, 15) is 26.0 Å². The highest BCUT2D eigenvalue weighted by Gasteiger charge is 2.26. The second-order valence-electron chi connectivity index (χ2n) is 6.81. The number of rotatable bonds is 7. The molecule has 2 aromatic rings. The van der Waals surface area contributed by atoms with Gasteiger partial charge >= 0.3 is 0 Å². The van der Waals surface area contributed by atoms with Crippen LogP contribution in [0.15, 0.2) is 53.4 Å². The van der Waals surface area contributed by atoms with Gasteiger partial charge < -0.3 is 10.1 Å². The fraction of sp³-hybridized carbons (Fsp3) is 0.316. The number of morpholine rings is 1. The van der Waals surface area contributed by atoms with Crippen molar-refractivity contribution in [1.29, 1.82) is 0 Å². The number of para-hydroxylation sites is 1. The summed E-state index contributed by atoms with van der Waals surface area (Å²) in [7, 11) is -7.60. The average Bonchev–Trinajstić information content (AvgIpc) is 2.73. The molecule has 1 aliphatic rings. The number of carbonyl (C=O) groups excluding carboxylic acids is 1. The molecular weight excluding hydrogens is 449 g/mol. The van der Waals surface area contributed by atoms with Crippen molar-refractivity contribution in [2.45, 2.75) is 4.90 Å². The Morgan fingerprint density at radius 1 is 1.06 bits per heavy atom. The number of anilines is 2. The predicted molar refractivity (Wildman–Crippen MR) is 113 cm³/mol. The number of nitrogens with zero attached hydrogens (tertiary/aromatic N) is 2. The van der Waals surface area contributed by atoms with Crippen LogP contribution in [0.4, 0.5) is 15.8 Å². The highest BCUT2D eigenvalue weighted by molar-refractivity contribution is 7.92. The van der Waals surface area contributed by atoms with E-state index in [-0.39, 0.29) is 29.4 Å². The fourth-order valence-electron chi connectivity index (χ4n) is 3.01. The van der Waals surface area contributed by atoms with Crippen molar-refractivity contribution < 1.29 is 30.8 Å². The van der Waals surface area contributed by atoms with Crippen molar-refractivity contribution in [2.75, 3.05) is 48.7 Å². The van der Waals surface area contributed by atoms with Gasteiger partial charge in [0.15, 0.2) is 0 Å². The Labute approximate surface area is 180 Å². The summed E-state index contributed by atoms with van der Waals surface area (Å²) in [4.78, 5) is 12.5. The zero-order valence-corrected chi connectivity index (χ0v) is 18.3. The minimum absolute atomic E-state index is 0.0662. The molecule has 168 valence electrons. The minimum atomic E-state index is -3.93. The van der Waals surface area contributed by atoms with Crippen LogP contribution in [-0.2, 0) is 29.6 Å². The highest BCUT2D eigenvalue weighted by Crippen LogP contribution is 2.22. The summed E-state index contributed by atoms with van der Waals surface area (Å²) in [5.74, 6) is -1.49. The summed E-state index contributed by atoms with van der Waals surface area (Å²) in [5.41, 5.74) is 0.0278. The number of sulfonamides is 2. The Morgan fingerprint density at radius 3 is 2.26 bits per heavy atom. The molecule has 1 amide bonds. The van der Waals surface area contributed by atoms with E-state index in [4.69, 9.17) is 4.74 Å². The minimum Gasteiger partial charge on any atom is -0.379 e. The van der Waals surface area contributed by atoms with Gasteiger partial charge in [-0.1, -0.05) is 12.1 Å². The topological polar surface area (TPSA) is 113 Å². The molecule has 1 fully saturated rings. The van der Waals surface area contributed by atoms with Gasteiger partial charge in [-0.25, -0.2) is 21.2 Å². The second-order valence-corrected chi connectivity index (χ2v) is 10.7. The third-order valence-electron chi connectivity index (χ3n) is 4.55. The number of benzene rings is 2. The van der Waals surface area contributed by atoms with Crippen molar-refractivity contribution >= 4 is 37.3 Å². The van der Waals surface area contributed by atoms with Crippen LogP contribution in [0, 0.1) is 5.82 Å². The molecule has 31 heavy (non-hydrogen) atoms. The standard InChI is InChI=1S/C19H22FN3O6S2/c1-30(25,26)23(18-5-3-2-4-17(18)20)14-19(24)21-15-6-8-16(9-7-15)31(27,28)22-10-12-29-13-11-22/h2-9H,10-14H2,1H3,(H,21,24). The quantitative estimate of drug-likeness (QED) is 0.650. The third-order valence-corrected chi connectivity index (χ3v) is 7.59. The van der Waals surface area contributed by atoms with Crippen molar-refractivity contribution in [3.05, 3.63) is 54.3 Å². The molecule has 0 radical (unpaired) electrons. The van der Waals surface area contributed by atoms with E-state index in [0.29, 0.717) is 17.5 Å². The van der Waals surface area contributed by atoms with Crippen LogP contribution in [-0.4, -0.2) is 66.2 Å². The molecule has 0 aliphatic carbocycles. The summed E-state index contributed by atoms with van der Waals surface area (Å²) in [6.07, 6.45) is 0.873. The summed E-state index contributed by atoms with van der Waals surface area (Å²) in [6.45, 7) is 0.530. The molecule has 1 aliphatic heterocycles. The van der Waals surface area contributed by atoms with Crippen molar-refractivity contribution in [2.24, 2.45) is 0 Å². The van der Waals surface area contributed by atoms with Crippen LogP contribution in [0.1, 0.15) is 0 Å². The van der Waals surface area contributed by atoms with Crippen molar-refractivity contribution in [1.82, 2.24) is 4.31 Å². The van der Waals surface area contributed by atoms with Crippen LogP contribution < -0.4 is 9.62 Å². The maximum atomic E-state index is 14.1. The molecular formula is C19H22FN3O6S2. The van der Waals surface area contributed by atoms with E-state index < -0.39 is 38.3 Å². The molecule has 1 N–H and O–H groups in total. The van der Waals surface area contributed by atoms with Gasteiger partial charge in [0.1, 0.15) is 12.4 Å². The maximum Gasteiger partial charge on any atom is 0.245 e. The zero-order valence-electron chi connectivity index (χ0n) is 16.7. The number of nitrogens with one attached hydrogen (secondary N) is 1. The Hall–Kier alpha value is -2.54. The number of carbonyl (C=O) groups is 1. The number of ether oxygens (including phenoxy) is 1. The van der Waals surface area contributed by atoms with Crippen LogP contribution >= 0.6 is 0 Å². The first kappa shape index (κ1) is 23.1. The summed E-state index contributed by atoms with van der Waals surface area (Å²) in [6, 6.07) is 10.7. The SMILES string of the molecule is CS(=O)(=O)N(CC(=O)Nc1ccc(S(=O)(=O)N2CCOCC2)cc1)c1ccccc1F. The molecule has 0 aromatic heterocycles. The predicted octanol–water partition coefficient (Wildman–Crippen LogP) is 1.25. The smallest absolute Gasteiger partial charge is 0.245 e. The maximum absolute atomic E-state index is 14.1. The molecule has 1 saturated heterocycles. The molecule has 9 nitrogen and oxygen atoms in total. The van der Waals surface area contributed by atoms with Crippen LogP contribution in [0.25, 0.3) is 0 Å². The van der Waals surface area contributed by atoms with Gasteiger partial charge in [0.25, 0.3) is 0 Å². The van der Waals surface area contributed by atoms with Gasteiger partial charge in [0.2, 0.25) is 26.0 Å². The Morgan fingerprint density at radius 2 is 1.68 bits per heavy atom. The molecule has 0 unspecified atom stereocenters. The highest BCUT2D eigenvalue weighted by atomic mass is 32.2. The molecule has 12 heteroatoms. The monoisotopic (exact) mass is 471 g/mol. The molecule has 2 aromatic carbocycles. The van der Waals surface area contributed by atoms with E-state index in [1.165, 1.54) is 46.8 Å². The Bertz CT molecular complexity index is 1150. The van der Waals surface area contributed by atoms with E-state index in [1.54, 1.807) is 0 Å². The molecule has 0 bridgehead atoms. The van der Waals surface area contributed by atoms with Gasteiger partial charge in [0.05, 0.1) is 30.1 Å². The fourth-order valence-corrected chi connectivity index (χ4v) is 5.28. The second kappa shape index (κ2) is 9.30. The van der Waals surface area contributed by atoms with Gasteiger partial charge in [-0.15, -0.1) is 0 Å². The lowest BCUT2D eigenvalue weighted by molar-refractivity contribution is -0.114. The van der Waals surface area contributed by atoms with Gasteiger partial charge in [-0.3, -0.25) is 9.10 Å². The van der Waals surface area contributed by atoms with E-state index in [0.717, 1.165) is 12.3 Å². The van der Waals surface area contributed by atoms with Gasteiger partial charge in [-0.05, 0) is 36.4 Å². The molecule has 0 saturated carbocycles. The lowest BCUT2D eigenvalue weighted by Crippen LogP contribution is -2.40. The Kier molecular flexibility index (Phi) is 6.94. The normalized spacial score (nSPS) is 15.4. The van der Waals surface area contributed by atoms with E-state index >= 15 is 0 Å². The molecule has 1 heterocycles. The number of hydrogen-bond acceptors (Lipinski definition) is 6. The van der Waals surface area contributed by atoms with Crippen LogP contribution in [0.2, 0.25) is 0 Å². The van der Waals surface area contributed by atoms with Gasteiger partial charge in [0, 0.05) is 18.8 Å². The first-order valence-electron chi connectivity index (χ1n) is 9.29. The average molecular weight is 472 g/mol. The van der Waals surface area contributed by atoms with Gasteiger partial charge in [-0.2, -0.15) is 4.31 Å². The van der Waals surface area contributed by atoms with Crippen LogP contribution in [0.3, 0.4) is 0 Å². The van der Waals surface area contributed by atoms with E-state index in [1.807, 2.05) is 0 Å². The first-order chi connectivity index (χ1) is 14.6. The zero-order chi connectivity index (χ0) is 22.6. The first-order valence-corrected chi connectivity index (χ1v) is 12.6. The van der Waals surface area contributed by atoms with Crippen molar-refractivity contribution in [3.8, 4) is 0 Å². The third kappa shape index (κ3) is 5.58. The lowest BCUT2D eigenvalue weighted by Gasteiger charge is -2.26. The largest absolute Gasteiger partial charge is 0.379 e. The van der Waals surface area contributed by atoms with Crippen molar-refractivity contribution in [3.63, 3.8) is 0 Å². The Balaban J connectivity index is 1.72.